The molecule has 38 heavy (non-hydrogen) atoms. The van der Waals surface area contributed by atoms with Gasteiger partial charge in [-0.2, -0.15) is 4.98 Å². The lowest BCUT2D eigenvalue weighted by Gasteiger charge is -2.33. The maximum atomic E-state index is 11.3. The fraction of sp³-hybridized carbons (Fsp3) is 0.400. The zero-order valence-corrected chi connectivity index (χ0v) is 23.7. The van der Waals surface area contributed by atoms with Crippen molar-refractivity contribution in [2.75, 3.05) is 30.9 Å². The molecule has 3 N–H and O–H groups in total. The second-order valence-corrected chi connectivity index (χ2v) is 14.1. The van der Waals surface area contributed by atoms with Gasteiger partial charge in [-0.15, -0.1) is 0 Å². The third-order valence-electron chi connectivity index (χ3n) is 7.87. The first-order chi connectivity index (χ1) is 18.0. The molecule has 0 spiro atoms. The van der Waals surface area contributed by atoms with Gasteiger partial charge in [0, 0.05) is 32.5 Å². The molecule has 1 saturated carbocycles. The Kier molecular flexibility index (Phi) is 7.10. The SMILES string of the molecule is C=P(O)(CC1CCC(c2ccc(C3=Nc4c(N)ncnc4OC3(C)C)cc2)CC1)c1ccc(N(C)C)cc1. The van der Waals surface area contributed by atoms with E-state index in [9.17, 15) is 4.89 Å². The highest BCUT2D eigenvalue weighted by molar-refractivity contribution is 7.75. The van der Waals surface area contributed by atoms with Crippen molar-refractivity contribution in [1.82, 2.24) is 9.97 Å². The molecule has 2 aromatic carbocycles. The number of ether oxygens (including phenoxy) is 1. The molecule has 200 valence electrons. The van der Waals surface area contributed by atoms with Gasteiger partial charge in [-0.1, -0.05) is 42.7 Å². The van der Waals surface area contributed by atoms with Gasteiger partial charge in [0.05, 0.1) is 5.71 Å². The summed E-state index contributed by atoms with van der Waals surface area (Å²) in [6.45, 7) is 3.98. The molecule has 3 aromatic rings. The monoisotopic (exact) mass is 531 g/mol. The summed E-state index contributed by atoms with van der Waals surface area (Å²) in [5.41, 5.74) is 10.2. The third kappa shape index (κ3) is 5.36. The minimum absolute atomic E-state index is 0.318. The molecule has 7 nitrogen and oxygen atoms in total. The van der Waals surface area contributed by atoms with Gasteiger partial charge >= 0.3 is 0 Å². The number of hydrogen-bond acceptors (Lipinski definition) is 7. The van der Waals surface area contributed by atoms with Crippen LogP contribution in [0.3, 0.4) is 0 Å². The van der Waals surface area contributed by atoms with E-state index in [4.69, 9.17) is 15.5 Å². The molecule has 1 atom stereocenters. The summed E-state index contributed by atoms with van der Waals surface area (Å²) in [6, 6.07) is 16.9. The molecule has 1 aliphatic carbocycles. The maximum absolute atomic E-state index is 11.3. The van der Waals surface area contributed by atoms with Gasteiger partial charge in [0.15, 0.2) is 11.5 Å². The second-order valence-electron chi connectivity index (χ2n) is 11.3. The van der Waals surface area contributed by atoms with Crippen LogP contribution in [0.4, 0.5) is 17.2 Å². The van der Waals surface area contributed by atoms with Crippen LogP contribution in [0.25, 0.3) is 0 Å². The number of nitrogen functional groups attached to an aromatic ring is 1. The standard InChI is InChI=1S/C30H38N5O2P/c1-30(2)27(34-26-28(31)32-19-33-29(26)37-30)23-12-10-22(11-13-23)21-8-6-20(7-9-21)18-38(5,36)25-16-14-24(15-17-25)35(3)4/h10-17,19-21,36H,5-9,18H2,1-4H3,(H2,31,32,33). The summed E-state index contributed by atoms with van der Waals surface area (Å²) in [5.74, 6) is 1.77. The number of rotatable bonds is 6. The number of hydrogen-bond donors (Lipinski definition) is 2. The summed E-state index contributed by atoms with van der Waals surface area (Å²) in [4.78, 5) is 26.4. The zero-order valence-electron chi connectivity index (χ0n) is 22.8. The fourth-order valence-corrected chi connectivity index (χ4v) is 7.79. The predicted molar refractivity (Wildman–Crippen MR) is 160 cm³/mol. The maximum Gasteiger partial charge on any atom is 0.246 e. The van der Waals surface area contributed by atoms with Crippen molar-refractivity contribution < 1.29 is 9.63 Å². The van der Waals surface area contributed by atoms with Gasteiger partial charge in [-0.25, -0.2) is 9.98 Å². The van der Waals surface area contributed by atoms with Crippen molar-refractivity contribution in [1.29, 1.82) is 0 Å². The molecule has 2 aliphatic rings. The van der Waals surface area contributed by atoms with Crippen LogP contribution in [-0.4, -0.2) is 52.7 Å². The predicted octanol–water partition coefficient (Wildman–Crippen LogP) is 5.37. The lowest BCUT2D eigenvalue weighted by Crippen LogP contribution is -2.41. The minimum atomic E-state index is -2.38. The Morgan fingerprint density at radius 2 is 1.68 bits per heavy atom. The molecular formula is C30H38N5O2P. The second kappa shape index (κ2) is 10.2. The van der Waals surface area contributed by atoms with Gasteiger partial charge in [0.1, 0.15) is 11.9 Å². The Morgan fingerprint density at radius 1 is 1.03 bits per heavy atom. The Balaban J connectivity index is 1.23. The molecule has 1 unspecified atom stereocenters. The molecule has 8 heteroatoms. The van der Waals surface area contributed by atoms with Crippen molar-refractivity contribution in [3.63, 3.8) is 0 Å². The number of fused-ring (bicyclic) bond motifs is 1. The Morgan fingerprint density at radius 3 is 2.32 bits per heavy atom. The molecular weight excluding hydrogens is 493 g/mol. The highest BCUT2D eigenvalue weighted by atomic mass is 31.2. The number of nitrogens with zero attached hydrogens (tertiary/aromatic N) is 4. The molecule has 1 fully saturated rings. The number of nitrogens with two attached hydrogens (primary N) is 1. The Labute approximate surface area is 225 Å². The lowest BCUT2D eigenvalue weighted by atomic mass is 9.79. The molecule has 1 aromatic heterocycles. The largest absolute Gasteiger partial charge is 0.463 e. The summed E-state index contributed by atoms with van der Waals surface area (Å²) in [5, 5.41) is 0.995. The van der Waals surface area contributed by atoms with Crippen LogP contribution in [0.5, 0.6) is 5.88 Å². The topological polar surface area (TPSA) is 96.9 Å². The lowest BCUT2D eigenvalue weighted by molar-refractivity contribution is 0.171. The molecule has 5 rings (SSSR count). The van der Waals surface area contributed by atoms with E-state index in [1.54, 1.807) is 0 Å². The molecule has 0 radical (unpaired) electrons. The van der Waals surface area contributed by atoms with Crippen molar-refractivity contribution in [2.24, 2.45) is 10.9 Å². The van der Waals surface area contributed by atoms with Crippen LogP contribution in [0.15, 0.2) is 59.9 Å². The van der Waals surface area contributed by atoms with Crippen LogP contribution in [0.1, 0.15) is 56.6 Å². The quantitative estimate of drug-likeness (QED) is 0.415. The first kappa shape index (κ1) is 26.5. The number of aromatic nitrogens is 2. The van der Waals surface area contributed by atoms with Crippen LogP contribution in [0, 0.1) is 5.92 Å². The average molecular weight is 532 g/mol. The van der Waals surface area contributed by atoms with Gasteiger partial charge in [-0.05, 0) is 80.5 Å². The molecule has 1 aliphatic heterocycles. The third-order valence-corrected chi connectivity index (χ3v) is 10.3. The van der Waals surface area contributed by atoms with E-state index in [-0.39, 0.29) is 0 Å². The van der Waals surface area contributed by atoms with Crippen LogP contribution < -0.4 is 20.7 Å². The van der Waals surface area contributed by atoms with Gasteiger partial charge in [-0.3, -0.25) is 0 Å². The van der Waals surface area contributed by atoms with Crippen molar-refractivity contribution >= 4 is 41.6 Å². The molecule has 0 amide bonds. The van der Waals surface area contributed by atoms with Crippen molar-refractivity contribution in [3.8, 4) is 5.88 Å². The normalized spacial score (nSPS) is 22.0. The van der Waals surface area contributed by atoms with E-state index in [0.717, 1.165) is 54.1 Å². The van der Waals surface area contributed by atoms with Gasteiger partial charge in [0.25, 0.3) is 0 Å². The van der Waals surface area contributed by atoms with Gasteiger partial charge in [0.2, 0.25) is 5.88 Å². The van der Waals surface area contributed by atoms with E-state index in [1.807, 2.05) is 40.1 Å². The summed E-state index contributed by atoms with van der Waals surface area (Å²) in [7, 11) is 1.67. The summed E-state index contributed by atoms with van der Waals surface area (Å²) in [6.07, 6.45) is 11.0. The molecule has 0 bridgehead atoms. The van der Waals surface area contributed by atoms with E-state index >= 15 is 0 Å². The van der Waals surface area contributed by atoms with E-state index in [1.165, 1.54) is 11.9 Å². The average Bonchev–Trinajstić information content (AvgIpc) is 2.88. The summed E-state index contributed by atoms with van der Waals surface area (Å²) >= 11 is 0. The molecule has 0 saturated heterocycles. The first-order valence-corrected chi connectivity index (χ1v) is 15.4. The van der Waals surface area contributed by atoms with E-state index < -0.39 is 12.7 Å². The van der Waals surface area contributed by atoms with Gasteiger partial charge < -0.3 is 20.3 Å². The number of benzene rings is 2. The number of anilines is 2. The van der Waals surface area contributed by atoms with Crippen LogP contribution >= 0.6 is 7.11 Å². The zero-order chi connectivity index (χ0) is 27.1. The summed E-state index contributed by atoms with van der Waals surface area (Å²) < 4.78 is 6.13. The highest BCUT2D eigenvalue weighted by Crippen LogP contribution is 2.46. The first-order valence-electron chi connectivity index (χ1n) is 13.3. The molecule has 2 heterocycles. The van der Waals surface area contributed by atoms with Crippen molar-refractivity contribution in [3.05, 3.63) is 66.0 Å². The Bertz CT molecular complexity index is 1370. The minimum Gasteiger partial charge on any atom is -0.463 e. The number of aliphatic imine (C=N–C) groups is 1. The fourth-order valence-electron chi connectivity index (χ4n) is 5.66. The smallest absolute Gasteiger partial charge is 0.246 e. The van der Waals surface area contributed by atoms with E-state index in [0.29, 0.717) is 29.2 Å². The van der Waals surface area contributed by atoms with E-state index in [2.05, 4.69) is 57.6 Å². The van der Waals surface area contributed by atoms with Crippen molar-refractivity contribution in [2.45, 2.75) is 51.0 Å². The van der Waals surface area contributed by atoms with Crippen LogP contribution in [-0.2, 0) is 0 Å². The van der Waals surface area contributed by atoms with Crippen LogP contribution in [0.2, 0.25) is 0 Å². The Hall–Kier alpha value is -3.15. The highest BCUT2D eigenvalue weighted by Gasteiger charge is 2.35.